The minimum Gasteiger partial charge on any atom is -0.469 e. The Kier molecular flexibility index (Phi) is 4.62. The highest BCUT2D eigenvalue weighted by atomic mass is 16.3. The summed E-state index contributed by atoms with van der Waals surface area (Å²) in [4.78, 5) is 12.2. The van der Waals surface area contributed by atoms with Crippen LogP contribution in [0.4, 0.5) is 10.5 Å². The Balaban J connectivity index is 1.58. The van der Waals surface area contributed by atoms with Crippen molar-refractivity contribution in [3.8, 4) is 0 Å². The minimum atomic E-state index is -0.187. The summed E-state index contributed by atoms with van der Waals surface area (Å²) >= 11 is 0. The molecule has 0 bridgehead atoms. The highest BCUT2D eigenvalue weighted by Gasteiger charge is 2.09. The number of carbonyl (C=O) groups excluding carboxylic acids is 1. The Hall–Kier alpha value is -2.75. The van der Waals surface area contributed by atoms with Gasteiger partial charge in [0.25, 0.3) is 0 Å². The third-order valence-corrected chi connectivity index (χ3v) is 3.82. The average molecular weight is 308 g/mol. The van der Waals surface area contributed by atoms with E-state index in [2.05, 4.69) is 10.6 Å². The highest BCUT2D eigenvalue weighted by molar-refractivity contribution is 6.01. The summed E-state index contributed by atoms with van der Waals surface area (Å²) in [5.41, 5.74) is 0.818. The van der Waals surface area contributed by atoms with Crippen molar-refractivity contribution < 1.29 is 9.21 Å². The molecule has 2 aromatic carbocycles. The first-order chi connectivity index (χ1) is 11.2. The van der Waals surface area contributed by atoms with Crippen LogP contribution in [-0.2, 0) is 6.42 Å². The van der Waals surface area contributed by atoms with E-state index >= 15 is 0 Å². The molecule has 4 nitrogen and oxygen atoms in total. The van der Waals surface area contributed by atoms with Gasteiger partial charge in [-0.2, -0.15) is 0 Å². The second kappa shape index (κ2) is 7.01. The Labute approximate surface area is 135 Å². The van der Waals surface area contributed by atoms with Crippen LogP contribution in [-0.4, -0.2) is 12.1 Å². The predicted molar refractivity (Wildman–Crippen MR) is 92.6 cm³/mol. The molecule has 118 valence electrons. The Morgan fingerprint density at radius 3 is 2.74 bits per heavy atom. The Morgan fingerprint density at radius 2 is 1.91 bits per heavy atom. The molecule has 2 N–H and O–H groups in total. The second-order valence-corrected chi connectivity index (χ2v) is 5.64. The zero-order chi connectivity index (χ0) is 16.1. The molecular weight excluding hydrogens is 288 g/mol. The van der Waals surface area contributed by atoms with Crippen LogP contribution in [0.15, 0.2) is 65.3 Å². The molecule has 0 aliphatic carbocycles. The number of rotatable bonds is 5. The van der Waals surface area contributed by atoms with E-state index in [1.54, 1.807) is 6.26 Å². The number of hydrogen-bond acceptors (Lipinski definition) is 2. The van der Waals surface area contributed by atoms with E-state index in [0.29, 0.717) is 0 Å². The third kappa shape index (κ3) is 3.92. The number of hydrogen-bond donors (Lipinski definition) is 2. The van der Waals surface area contributed by atoms with Gasteiger partial charge in [-0.15, -0.1) is 0 Å². The number of amides is 2. The summed E-state index contributed by atoms with van der Waals surface area (Å²) in [6, 6.07) is 17.6. The topological polar surface area (TPSA) is 54.3 Å². The first kappa shape index (κ1) is 15.2. The molecule has 0 spiro atoms. The Bertz CT molecular complexity index is 776. The van der Waals surface area contributed by atoms with Crippen molar-refractivity contribution in [2.24, 2.45) is 0 Å². The van der Waals surface area contributed by atoms with Gasteiger partial charge < -0.3 is 15.1 Å². The van der Waals surface area contributed by atoms with Crippen LogP contribution in [0.1, 0.15) is 19.1 Å². The highest BCUT2D eigenvalue weighted by Crippen LogP contribution is 2.22. The quantitative estimate of drug-likeness (QED) is 0.725. The minimum absolute atomic E-state index is 0.0649. The van der Waals surface area contributed by atoms with E-state index in [1.807, 2.05) is 61.5 Å². The molecule has 0 aliphatic rings. The lowest BCUT2D eigenvalue weighted by molar-refractivity contribution is 0.248. The number of aryl methyl sites for hydroxylation is 1. The molecular formula is C19H20N2O2. The molecule has 1 heterocycles. The maximum absolute atomic E-state index is 12.2. The molecule has 0 radical (unpaired) electrons. The van der Waals surface area contributed by atoms with Crippen molar-refractivity contribution in [1.82, 2.24) is 5.32 Å². The van der Waals surface area contributed by atoms with Crippen molar-refractivity contribution in [2.45, 2.75) is 25.8 Å². The van der Waals surface area contributed by atoms with Crippen LogP contribution in [0.5, 0.6) is 0 Å². The molecule has 1 aromatic heterocycles. The molecule has 0 aliphatic heterocycles. The fourth-order valence-electron chi connectivity index (χ4n) is 2.60. The van der Waals surface area contributed by atoms with Gasteiger partial charge >= 0.3 is 6.03 Å². The number of fused-ring (bicyclic) bond motifs is 1. The van der Waals surface area contributed by atoms with Gasteiger partial charge in [-0.05, 0) is 36.9 Å². The summed E-state index contributed by atoms with van der Waals surface area (Å²) in [5, 5.41) is 8.04. The molecule has 1 atom stereocenters. The van der Waals surface area contributed by atoms with E-state index in [0.717, 1.165) is 35.1 Å². The summed E-state index contributed by atoms with van der Waals surface area (Å²) in [7, 11) is 0. The molecule has 23 heavy (non-hydrogen) atoms. The predicted octanol–water partition coefficient (Wildman–Crippen LogP) is 4.58. The monoisotopic (exact) mass is 308 g/mol. The summed E-state index contributed by atoms with van der Waals surface area (Å²) in [6.45, 7) is 1.99. The number of carbonyl (C=O) groups is 1. The maximum Gasteiger partial charge on any atom is 0.319 e. The van der Waals surface area contributed by atoms with Crippen molar-refractivity contribution in [3.63, 3.8) is 0 Å². The average Bonchev–Trinajstić information content (AvgIpc) is 3.07. The van der Waals surface area contributed by atoms with Crippen LogP contribution in [0.25, 0.3) is 10.8 Å². The first-order valence-electron chi connectivity index (χ1n) is 7.80. The van der Waals surface area contributed by atoms with E-state index in [1.165, 1.54) is 0 Å². The lowest BCUT2D eigenvalue weighted by Gasteiger charge is -2.15. The number of urea groups is 1. The van der Waals surface area contributed by atoms with Gasteiger partial charge in [-0.1, -0.05) is 36.4 Å². The number of furan rings is 1. The van der Waals surface area contributed by atoms with Crippen molar-refractivity contribution in [2.75, 3.05) is 5.32 Å². The molecule has 0 unspecified atom stereocenters. The van der Waals surface area contributed by atoms with Gasteiger partial charge in [-0.3, -0.25) is 0 Å². The Morgan fingerprint density at radius 1 is 1.09 bits per heavy atom. The fourth-order valence-corrected chi connectivity index (χ4v) is 2.60. The number of anilines is 1. The smallest absolute Gasteiger partial charge is 0.319 e. The molecule has 2 amide bonds. The van der Waals surface area contributed by atoms with E-state index in [9.17, 15) is 4.79 Å². The van der Waals surface area contributed by atoms with Gasteiger partial charge in [-0.25, -0.2) is 4.79 Å². The standard InChI is InChI=1S/C19H20N2O2/c1-14(11-12-16-8-5-13-23-16)20-19(22)21-18-10-4-7-15-6-2-3-9-17(15)18/h2-10,13-14H,11-12H2,1H3,(H2,20,21,22)/t14-/m1/s1. The second-order valence-electron chi connectivity index (χ2n) is 5.64. The lowest BCUT2D eigenvalue weighted by atomic mass is 10.1. The van der Waals surface area contributed by atoms with Gasteiger partial charge in [0.2, 0.25) is 0 Å². The van der Waals surface area contributed by atoms with E-state index < -0.39 is 0 Å². The molecule has 4 heteroatoms. The fraction of sp³-hybridized carbons (Fsp3) is 0.211. The zero-order valence-electron chi connectivity index (χ0n) is 13.1. The van der Waals surface area contributed by atoms with Gasteiger partial charge in [0.15, 0.2) is 0 Å². The maximum atomic E-state index is 12.2. The van der Waals surface area contributed by atoms with Gasteiger partial charge in [0.05, 0.1) is 12.0 Å². The summed E-state index contributed by atoms with van der Waals surface area (Å²) in [6.07, 6.45) is 3.31. The molecule has 0 saturated heterocycles. The van der Waals surface area contributed by atoms with Crippen molar-refractivity contribution in [3.05, 3.63) is 66.6 Å². The van der Waals surface area contributed by atoms with Crippen LogP contribution in [0.3, 0.4) is 0 Å². The summed E-state index contributed by atoms with van der Waals surface area (Å²) < 4.78 is 5.30. The van der Waals surface area contributed by atoms with E-state index in [4.69, 9.17) is 4.42 Å². The van der Waals surface area contributed by atoms with E-state index in [-0.39, 0.29) is 12.1 Å². The lowest BCUT2D eigenvalue weighted by Crippen LogP contribution is -2.36. The van der Waals surface area contributed by atoms with Gasteiger partial charge in [0, 0.05) is 17.8 Å². The molecule has 3 aromatic rings. The number of nitrogens with one attached hydrogen (secondary N) is 2. The van der Waals surface area contributed by atoms with Gasteiger partial charge in [0.1, 0.15) is 5.76 Å². The van der Waals surface area contributed by atoms with Crippen LogP contribution >= 0.6 is 0 Å². The zero-order valence-corrected chi connectivity index (χ0v) is 13.1. The largest absolute Gasteiger partial charge is 0.469 e. The van der Waals surface area contributed by atoms with Crippen molar-refractivity contribution >= 4 is 22.5 Å². The third-order valence-electron chi connectivity index (χ3n) is 3.82. The number of benzene rings is 2. The molecule has 0 fully saturated rings. The normalized spacial score (nSPS) is 12.0. The summed E-state index contributed by atoms with van der Waals surface area (Å²) in [5.74, 6) is 0.938. The molecule has 3 rings (SSSR count). The van der Waals surface area contributed by atoms with Crippen LogP contribution < -0.4 is 10.6 Å². The van der Waals surface area contributed by atoms with Crippen LogP contribution in [0, 0.1) is 0 Å². The van der Waals surface area contributed by atoms with Crippen molar-refractivity contribution in [1.29, 1.82) is 0 Å². The van der Waals surface area contributed by atoms with Crippen LogP contribution in [0.2, 0.25) is 0 Å². The first-order valence-corrected chi connectivity index (χ1v) is 7.80. The molecule has 0 saturated carbocycles. The SMILES string of the molecule is C[C@H](CCc1ccco1)NC(=O)Nc1cccc2ccccc12.